The minimum Gasteiger partial charge on any atom is -0.496 e. The average Bonchev–Trinajstić information content (AvgIpc) is 2.74. The number of rotatable bonds is 4. The lowest BCUT2D eigenvalue weighted by atomic mass is 10.1. The molecule has 1 aliphatic rings. The number of carbonyl (C=O) groups is 1. The summed E-state index contributed by atoms with van der Waals surface area (Å²) in [6.45, 7) is 3.64. The third kappa shape index (κ3) is 2.64. The average molecular weight is 232 g/mol. The number of ether oxygens (including phenoxy) is 1. The number of benzene rings is 1. The summed E-state index contributed by atoms with van der Waals surface area (Å²) in [7, 11) is 1.64. The Morgan fingerprint density at radius 1 is 1.53 bits per heavy atom. The summed E-state index contributed by atoms with van der Waals surface area (Å²) < 4.78 is 5.29. The molecule has 0 atom stereocenters. The molecule has 1 aromatic rings. The first kappa shape index (κ1) is 11.6. The Kier molecular flexibility index (Phi) is 3.42. The maximum absolute atomic E-state index is 10.8. The van der Waals surface area contributed by atoms with Gasteiger partial charge >= 0.3 is 0 Å². The maximum atomic E-state index is 10.8. The van der Waals surface area contributed by atoms with Crippen molar-refractivity contribution in [1.29, 1.82) is 0 Å². The van der Waals surface area contributed by atoms with Gasteiger partial charge in [-0.2, -0.15) is 5.10 Å². The Bertz CT molecular complexity index is 455. The van der Waals surface area contributed by atoms with Crippen molar-refractivity contribution in [3.05, 3.63) is 29.3 Å². The predicted molar refractivity (Wildman–Crippen MR) is 66.5 cm³/mol. The Labute approximate surface area is 101 Å². The van der Waals surface area contributed by atoms with Gasteiger partial charge in [0.05, 0.1) is 13.7 Å². The van der Waals surface area contributed by atoms with Gasteiger partial charge in [0.25, 0.3) is 0 Å². The van der Waals surface area contributed by atoms with Gasteiger partial charge in [0, 0.05) is 29.8 Å². The molecule has 2 rings (SSSR count). The number of nitrogens with zero attached hydrogens (tertiary/aromatic N) is 2. The molecular weight excluding hydrogens is 216 g/mol. The Hall–Kier alpha value is -1.84. The molecule has 0 aliphatic carbocycles. The second-order valence-corrected chi connectivity index (χ2v) is 4.16. The molecule has 0 bridgehead atoms. The second-order valence-electron chi connectivity index (χ2n) is 4.16. The number of aldehydes is 1. The zero-order valence-corrected chi connectivity index (χ0v) is 10.1. The first-order valence-corrected chi connectivity index (χ1v) is 5.64. The molecule has 1 aromatic carbocycles. The van der Waals surface area contributed by atoms with Crippen LogP contribution in [0.15, 0.2) is 23.3 Å². The van der Waals surface area contributed by atoms with E-state index in [0.29, 0.717) is 12.1 Å². The fourth-order valence-electron chi connectivity index (χ4n) is 1.94. The van der Waals surface area contributed by atoms with E-state index >= 15 is 0 Å². The van der Waals surface area contributed by atoms with Gasteiger partial charge in [0.2, 0.25) is 0 Å². The van der Waals surface area contributed by atoms with Crippen molar-refractivity contribution in [2.24, 2.45) is 5.10 Å². The molecule has 1 aliphatic heterocycles. The SMILES string of the molecule is COc1ccc(C=O)cc1CN1CCC(C)=N1. The first-order valence-electron chi connectivity index (χ1n) is 5.64. The number of hydrazone groups is 1. The molecule has 0 amide bonds. The van der Waals surface area contributed by atoms with Crippen molar-refractivity contribution in [3.63, 3.8) is 0 Å². The number of methoxy groups -OCH3 is 1. The summed E-state index contributed by atoms with van der Waals surface area (Å²) in [5.74, 6) is 0.801. The van der Waals surface area contributed by atoms with Crippen molar-refractivity contribution in [1.82, 2.24) is 5.01 Å². The molecule has 0 spiro atoms. The zero-order valence-electron chi connectivity index (χ0n) is 10.1. The van der Waals surface area contributed by atoms with Crippen LogP contribution in [0.25, 0.3) is 0 Å². The molecule has 4 heteroatoms. The molecule has 0 radical (unpaired) electrons. The topological polar surface area (TPSA) is 41.9 Å². The lowest BCUT2D eigenvalue weighted by Crippen LogP contribution is -2.14. The maximum Gasteiger partial charge on any atom is 0.150 e. The van der Waals surface area contributed by atoms with E-state index in [-0.39, 0.29) is 0 Å². The van der Waals surface area contributed by atoms with E-state index in [1.54, 1.807) is 13.2 Å². The molecule has 0 fully saturated rings. The monoisotopic (exact) mass is 232 g/mol. The van der Waals surface area contributed by atoms with E-state index in [9.17, 15) is 4.79 Å². The lowest BCUT2D eigenvalue weighted by Gasteiger charge is -2.16. The van der Waals surface area contributed by atoms with Crippen LogP contribution in [0, 0.1) is 0 Å². The number of hydrogen-bond acceptors (Lipinski definition) is 4. The fraction of sp³-hybridized carbons (Fsp3) is 0.385. The molecule has 0 saturated heterocycles. The minimum absolute atomic E-state index is 0.667. The summed E-state index contributed by atoms with van der Waals surface area (Å²) in [6, 6.07) is 5.44. The highest BCUT2D eigenvalue weighted by Gasteiger charge is 2.13. The van der Waals surface area contributed by atoms with Gasteiger partial charge in [0.15, 0.2) is 0 Å². The molecule has 0 aromatic heterocycles. The van der Waals surface area contributed by atoms with Crippen LogP contribution in [-0.2, 0) is 6.54 Å². The van der Waals surface area contributed by atoms with E-state index in [1.807, 2.05) is 24.1 Å². The summed E-state index contributed by atoms with van der Waals surface area (Å²) in [6.07, 6.45) is 1.86. The highest BCUT2D eigenvalue weighted by Crippen LogP contribution is 2.22. The van der Waals surface area contributed by atoms with E-state index in [4.69, 9.17) is 4.74 Å². The third-order valence-corrected chi connectivity index (χ3v) is 2.84. The Morgan fingerprint density at radius 3 is 2.94 bits per heavy atom. The quantitative estimate of drug-likeness (QED) is 0.746. The zero-order chi connectivity index (χ0) is 12.3. The van der Waals surface area contributed by atoms with E-state index in [0.717, 1.165) is 36.3 Å². The number of hydrogen-bond donors (Lipinski definition) is 0. The van der Waals surface area contributed by atoms with Crippen LogP contribution in [0.5, 0.6) is 5.75 Å². The summed E-state index contributed by atoms with van der Waals surface area (Å²) in [5.41, 5.74) is 2.81. The van der Waals surface area contributed by atoms with E-state index in [1.165, 1.54) is 0 Å². The summed E-state index contributed by atoms with van der Waals surface area (Å²) >= 11 is 0. The van der Waals surface area contributed by atoms with Gasteiger partial charge in [-0.05, 0) is 25.1 Å². The van der Waals surface area contributed by atoms with Gasteiger partial charge < -0.3 is 4.74 Å². The van der Waals surface area contributed by atoms with Crippen molar-refractivity contribution in [2.75, 3.05) is 13.7 Å². The van der Waals surface area contributed by atoms with E-state index in [2.05, 4.69) is 5.10 Å². The fourth-order valence-corrected chi connectivity index (χ4v) is 1.94. The number of carbonyl (C=O) groups excluding carboxylic acids is 1. The highest BCUT2D eigenvalue weighted by atomic mass is 16.5. The molecule has 1 heterocycles. The van der Waals surface area contributed by atoms with Crippen molar-refractivity contribution >= 4 is 12.0 Å². The largest absolute Gasteiger partial charge is 0.496 e. The molecule has 0 unspecified atom stereocenters. The lowest BCUT2D eigenvalue weighted by molar-refractivity contribution is 0.112. The molecule has 4 nitrogen and oxygen atoms in total. The van der Waals surface area contributed by atoms with Crippen LogP contribution >= 0.6 is 0 Å². The molecule has 90 valence electrons. The van der Waals surface area contributed by atoms with Crippen LogP contribution in [0.1, 0.15) is 29.3 Å². The molecular formula is C13H16N2O2. The third-order valence-electron chi connectivity index (χ3n) is 2.84. The summed E-state index contributed by atoms with van der Waals surface area (Å²) in [4.78, 5) is 10.8. The van der Waals surface area contributed by atoms with Crippen molar-refractivity contribution in [2.45, 2.75) is 19.9 Å². The summed E-state index contributed by atoms with van der Waals surface area (Å²) in [5, 5.41) is 6.42. The first-order chi connectivity index (χ1) is 8.22. The Morgan fingerprint density at radius 2 is 2.35 bits per heavy atom. The van der Waals surface area contributed by atoms with E-state index < -0.39 is 0 Å². The van der Waals surface area contributed by atoms with Crippen LogP contribution in [0.3, 0.4) is 0 Å². The second kappa shape index (κ2) is 4.99. The highest BCUT2D eigenvalue weighted by molar-refractivity contribution is 5.83. The molecule has 0 saturated carbocycles. The van der Waals surface area contributed by atoms with Crippen molar-refractivity contribution < 1.29 is 9.53 Å². The van der Waals surface area contributed by atoms with Gasteiger partial charge in [-0.25, -0.2) is 0 Å². The van der Waals surface area contributed by atoms with Crippen LogP contribution in [0.4, 0.5) is 0 Å². The molecule has 0 N–H and O–H groups in total. The van der Waals surface area contributed by atoms with Gasteiger partial charge in [-0.1, -0.05) is 0 Å². The standard InChI is InChI=1S/C13H16N2O2/c1-10-5-6-15(14-10)8-12-7-11(9-16)3-4-13(12)17-2/h3-4,7,9H,5-6,8H2,1-2H3. The van der Waals surface area contributed by atoms with Crippen LogP contribution in [0.2, 0.25) is 0 Å². The van der Waals surface area contributed by atoms with Crippen molar-refractivity contribution in [3.8, 4) is 5.75 Å². The van der Waals surface area contributed by atoms with Gasteiger partial charge in [-0.3, -0.25) is 9.80 Å². The smallest absolute Gasteiger partial charge is 0.150 e. The van der Waals surface area contributed by atoms with Crippen LogP contribution < -0.4 is 4.74 Å². The Balaban J connectivity index is 2.21. The van der Waals surface area contributed by atoms with Gasteiger partial charge in [0.1, 0.15) is 12.0 Å². The molecule has 17 heavy (non-hydrogen) atoms. The van der Waals surface area contributed by atoms with Crippen LogP contribution in [-0.4, -0.2) is 30.7 Å². The predicted octanol–water partition coefficient (Wildman–Crippen LogP) is 2.09. The minimum atomic E-state index is 0.667. The van der Waals surface area contributed by atoms with Gasteiger partial charge in [-0.15, -0.1) is 0 Å². The normalized spacial score (nSPS) is 14.7.